The number of nitrogens with zero attached hydrogens (tertiary/aromatic N) is 6. The molecule has 0 bridgehead atoms. The second-order valence-electron chi connectivity index (χ2n) is 6.44. The van der Waals surface area contributed by atoms with Gasteiger partial charge in [-0.05, 0) is 12.1 Å². The summed E-state index contributed by atoms with van der Waals surface area (Å²) in [4.78, 5) is 6.93. The van der Waals surface area contributed by atoms with E-state index in [4.69, 9.17) is 4.52 Å². The fourth-order valence-electron chi connectivity index (χ4n) is 3.19. The van der Waals surface area contributed by atoms with E-state index in [9.17, 15) is 0 Å². The molecular weight excluding hydrogens is 360 g/mol. The number of hydrogen-bond acceptors (Lipinski definition) is 7. The Kier molecular flexibility index (Phi) is 4.35. The van der Waals surface area contributed by atoms with Crippen LogP contribution in [0.3, 0.4) is 0 Å². The second-order valence-corrected chi connectivity index (χ2v) is 7.66. The van der Waals surface area contributed by atoms with E-state index >= 15 is 0 Å². The largest absolute Gasteiger partial charge is 0.334 e. The summed E-state index contributed by atoms with van der Waals surface area (Å²) in [5.41, 5.74) is 2.55. The molecule has 1 aromatic carbocycles. The van der Waals surface area contributed by atoms with Crippen LogP contribution in [0.4, 0.5) is 0 Å². The molecule has 0 spiro atoms. The smallest absolute Gasteiger partial charge is 0.258 e. The summed E-state index contributed by atoms with van der Waals surface area (Å²) in [6.45, 7) is 3.02. The van der Waals surface area contributed by atoms with Crippen molar-refractivity contribution < 1.29 is 4.52 Å². The lowest BCUT2D eigenvalue weighted by Crippen LogP contribution is -2.32. The van der Waals surface area contributed by atoms with Crippen LogP contribution in [0.5, 0.6) is 0 Å². The molecule has 0 amide bonds. The van der Waals surface area contributed by atoms with Crippen LogP contribution >= 0.6 is 11.8 Å². The zero-order valence-corrected chi connectivity index (χ0v) is 15.5. The first-order valence-electron chi connectivity index (χ1n) is 8.90. The minimum absolute atomic E-state index is 0.481. The van der Waals surface area contributed by atoms with Gasteiger partial charge in [-0.1, -0.05) is 35.5 Å². The topological polar surface area (TPSA) is 72.3 Å². The van der Waals surface area contributed by atoms with Crippen molar-refractivity contribution in [3.05, 3.63) is 54.5 Å². The Bertz CT molecular complexity index is 1050. The minimum Gasteiger partial charge on any atom is -0.334 e. The monoisotopic (exact) mass is 378 g/mol. The molecule has 0 atom stereocenters. The van der Waals surface area contributed by atoms with E-state index in [0.29, 0.717) is 11.7 Å². The van der Waals surface area contributed by atoms with Gasteiger partial charge in [0, 0.05) is 41.9 Å². The highest BCUT2D eigenvalue weighted by Crippen LogP contribution is 2.23. The summed E-state index contributed by atoms with van der Waals surface area (Å²) in [5, 5.41) is 12.8. The Morgan fingerprint density at radius 3 is 2.70 bits per heavy atom. The predicted molar refractivity (Wildman–Crippen MR) is 104 cm³/mol. The highest BCUT2D eigenvalue weighted by atomic mass is 32.2. The number of thioether (sulfide) groups is 1. The highest BCUT2D eigenvalue weighted by molar-refractivity contribution is 7.99. The Labute approximate surface area is 160 Å². The number of hydrogen-bond donors (Lipinski definition) is 0. The molecule has 8 heteroatoms. The van der Waals surface area contributed by atoms with E-state index < -0.39 is 0 Å². The lowest BCUT2D eigenvalue weighted by Gasteiger charge is -2.25. The number of benzene rings is 1. The van der Waals surface area contributed by atoms with E-state index in [-0.39, 0.29) is 0 Å². The van der Waals surface area contributed by atoms with Crippen molar-refractivity contribution in [1.82, 2.24) is 29.6 Å². The van der Waals surface area contributed by atoms with Gasteiger partial charge in [0.15, 0.2) is 11.5 Å². The third-order valence-electron chi connectivity index (χ3n) is 4.65. The van der Waals surface area contributed by atoms with Gasteiger partial charge in [0.1, 0.15) is 0 Å². The molecule has 1 fully saturated rings. The third-order valence-corrected chi connectivity index (χ3v) is 5.60. The molecule has 0 radical (unpaired) electrons. The van der Waals surface area contributed by atoms with Crippen LogP contribution in [0.2, 0.25) is 0 Å². The van der Waals surface area contributed by atoms with Crippen molar-refractivity contribution >= 4 is 17.4 Å². The van der Waals surface area contributed by atoms with Crippen LogP contribution in [-0.4, -0.2) is 54.2 Å². The van der Waals surface area contributed by atoms with Crippen LogP contribution in [0.25, 0.3) is 28.5 Å². The maximum absolute atomic E-state index is 5.45. The van der Waals surface area contributed by atoms with E-state index in [0.717, 1.165) is 42.2 Å². The molecule has 136 valence electrons. The Morgan fingerprint density at radius 2 is 1.85 bits per heavy atom. The molecule has 7 nitrogen and oxygen atoms in total. The summed E-state index contributed by atoms with van der Waals surface area (Å²) in [6, 6.07) is 13.7. The summed E-state index contributed by atoms with van der Waals surface area (Å²) < 4.78 is 7.48. The first-order valence-corrected chi connectivity index (χ1v) is 10.1. The molecule has 1 aliphatic heterocycles. The number of rotatable bonds is 4. The number of pyridine rings is 1. The van der Waals surface area contributed by atoms with E-state index in [2.05, 4.69) is 25.2 Å². The molecule has 4 aromatic rings. The lowest BCUT2D eigenvalue weighted by molar-refractivity contribution is 0.286. The summed E-state index contributed by atoms with van der Waals surface area (Å²) in [5.74, 6) is 4.38. The summed E-state index contributed by atoms with van der Waals surface area (Å²) in [7, 11) is 0. The molecule has 0 unspecified atom stereocenters. The quantitative estimate of drug-likeness (QED) is 0.540. The van der Waals surface area contributed by atoms with Gasteiger partial charge >= 0.3 is 0 Å². The Morgan fingerprint density at radius 1 is 1.00 bits per heavy atom. The summed E-state index contributed by atoms with van der Waals surface area (Å²) in [6.07, 6.45) is 1.98. The molecule has 0 aliphatic carbocycles. The molecular formula is C19H18N6OS. The Hall–Kier alpha value is -2.71. The number of aromatic nitrogens is 5. The van der Waals surface area contributed by atoms with Gasteiger partial charge < -0.3 is 4.52 Å². The zero-order chi connectivity index (χ0) is 18.1. The summed E-state index contributed by atoms with van der Waals surface area (Å²) >= 11 is 2.01. The molecule has 1 saturated heterocycles. The maximum Gasteiger partial charge on any atom is 0.258 e. The van der Waals surface area contributed by atoms with Crippen molar-refractivity contribution in [3.8, 4) is 22.8 Å². The van der Waals surface area contributed by atoms with Crippen molar-refractivity contribution in [2.24, 2.45) is 0 Å². The van der Waals surface area contributed by atoms with Gasteiger partial charge in [-0.2, -0.15) is 16.7 Å². The first-order chi connectivity index (χ1) is 13.4. The molecule has 4 heterocycles. The maximum atomic E-state index is 5.45. The minimum atomic E-state index is 0.481. The van der Waals surface area contributed by atoms with Gasteiger partial charge in [-0.25, -0.2) is 0 Å². The van der Waals surface area contributed by atoms with Crippen LogP contribution in [0.1, 0.15) is 5.82 Å². The second kappa shape index (κ2) is 7.13. The molecule has 3 aromatic heterocycles. The van der Waals surface area contributed by atoms with Crippen molar-refractivity contribution in [1.29, 1.82) is 0 Å². The van der Waals surface area contributed by atoms with Crippen molar-refractivity contribution in [2.75, 3.05) is 24.6 Å². The van der Waals surface area contributed by atoms with E-state index in [1.807, 2.05) is 64.8 Å². The average Bonchev–Trinajstić information content (AvgIpc) is 3.37. The van der Waals surface area contributed by atoms with Crippen LogP contribution in [0.15, 0.2) is 53.2 Å². The average molecular weight is 378 g/mol. The van der Waals surface area contributed by atoms with Gasteiger partial charge in [0.25, 0.3) is 5.89 Å². The molecule has 0 saturated carbocycles. The molecule has 0 N–H and O–H groups in total. The lowest BCUT2D eigenvalue weighted by atomic mass is 10.2. The fourth-order valence-corrected chi connectivity index (χ4v) is 4.16. The van der Waals surface area contributed by atoms with Gasteiger partial charge in [-0.15, -0.1) is 10.2 Å². The predicted octanol–water partition coefficient (Wildman–Crippen LogP) is 3.00. The van der Waals surface area contributed by atoms with Gasteiger partial charge in [-0.3, -0.25) is 9.30 Å². The van der Waals surface area contributed by atoms with E-state index in [1.54, 1.807) is 0 Å². The van der Waals surface area contributed by atoms with Crippen LogP contribution in [-0.2, 0) is 6.54 Å². The third kappa shape index (κ3) is 3.33. The first kappa shape index (κ1) is 16.5. The molecule has 1 aliphatic rings. The molecule has 27 heavy (non-hydrogen) atoms. The van der Waals surface area contributed by atoms with Crippen LogP contribution in [0, 0.1) is 0 Å². The SMILES string of the molecule is c1ccc(-c2noc(-c3ccn4c(CN5CCSCC5)nnc4c3)n2)cc1. The van der Waals surface area contributed by atoms with Gasteiger partial charge in [0.2, 0.25) is 5.82 Å². The zero-order valence-electron chi connectivity index (χ0n) is 14.7. The van der Waals surface area contributed by atoms with Crippen LogP contribution < -0.4 is 0 Å². The fraction of sp³-hybridized carbons (Fsp3) is 0.263. The van der Waals surface area contributed by atoms with E-state index in [1.165, 1.54) is 11.5 Å². The van der Waals surface area contributed by atoms with Crippen molar-refractivity contribution in [3.63, 3.8) is 0 Å². The molecule has 5 rings (SSSR count). The normalized spacial score (nSPS) is 15.4. The Balaban J connectivity index is 1.41. The van der Waals surface area contributed by atoms with Gasteiger partial charge in [0.05, 0.1) is 6.54 Å². The van der Waals surface area contributed by atoms with Crippen molar-refractivity contribution in [2.45, 2.75) is 6.54 Å². The standard InChI is InChI=1S/C19H18N6OS/c1-2-4-14(5-3-1)18-20-19(26-23-18)15-6-7-25-16(12-15)21-22-17(25)13-24-8-10-27-11-9-24/h1-7,12H,8-11,13H2. The highest BCUT2D eigenvalue weighted by Gasteiger charge is 2.16. The number of fused-ring (bicyclic) bond motifs is 1.